The van der Waals surface area contributed by atoms with E-state index in [9.17, 15) is 4.79 Å². The zero-order valence-corrected chi connectivity index (χ0v) is 11.3. The van der Waals surface area contributed by atoms with Crippen LogP contribution in [0.25, 0.3) is 10.8 Å². The van der Waals surface area contributed by atoms with Crippen LogP contribution in [0.1, 0.15) is 16.1 Å². The smallest absolute Gasteiger partial charge is 0.338 e. The van der Waals surface area contributed by atoms with Gasteiger partial charge in [0.2, 0.25) is 5.89 Å². The highest BCUT2D eigenvalue weighted by Crippen LogP contribution is 2.23. The van der Waals surface area contributed by atoms with Gasteiger partial charge in [-0.25, -0.2) is 9.78 Å². The highest BCUT2D eigenvalue weighted by Gasteiger charge is 2.10. The normalized spacial score (nSPS) is 10.4. The minimum atomic E-state index is -0.369. The third kappa shape index (κ3) is 2.78. The fraction of sp³-hybridized carbons (Fsp3) is 0.0667. The molecular weight excluding hydrogens is 274 g/mol. The summed E-state index contributed by atoms with van der Waals surface area (Å²) in [7, 11) is 0. The molecule has 100 valence electrons. The van der Waals surface area contributed by atoms with Crippen LogP contribution in [-0.4, -0.2) is 11.0 Å². The second-order valence-corrected chi connectivity index (χ2v) is 5.01. The number of nitrogens with zero attached hydrogens (tertiary/aromatic N) is 1. The number of oxazole rings is 1. The minimum absolute atomic E-state index is 0.0998. The van der Waals surface area contributed by atoms with Crippen LogP contribution in [0.15, 0.2) is 58.5 Å². The Hall–Kier alpha value is -2.40. The van der Waals surface area contributed by atoms with Gasteiger partial charge in [0.1, 0.15) is 18.6 Å². The molecule has 0 spiro atoms. The molecule has 2 aromatic heterocycles. The summed E-state index contributed by atoms with van der Waals surface area (Å²) in [6.45, 7) is 0.0998. The standard InChI is InChI=1S/C15H11NO3S/c17-15(11-5-2-1-3-6-11)19-10-12-9-18-14(16-12)13-7-4-8-20-13/h1-9H,10H2. The summed E-state index contributed by atoms with van der Waals surface area (Å²) < 4.78 is 10.5. The molecule has 0 atom stereocenters. The monoisotopic (exact) mass is 285 g/mol. The maximum atomic E-state index is 11.8. The molecule has 0 radical (unpaired) electrons. The van der Waals surface area contributed by atoms with Crippen molar-refractivity contribution in [1.29, 1.82) is 0 Å². The van der Waals surface area contributed by atoms with Crippen molar-refractivity contribution in [3.05, 3.63) is 65.4 Å². The maximum absolute atomic E-state index is 11.8. The van der Waals surface area contributed by atoms with Crippen molar-refractivity contribution in [1.82, 2.24) is 4.98 Å². The van der Waals surface area contributed by atoms with Crippen molar-refractivity contribution in [3.8, 4) is 10.8 Å². The predicted molar refractivity (Wildman–Crippen MR) is 75.4 cm³/mol. The third-order valence-corrected chi connectivity index (χ3v) is 3.50. The van der Waals surface area contributed by atoms with E-state index in [1.165, 1.54) is 6.26 Å². The van der Waals surface area contributed by atoms with Gasteiger partial charge in [0.25, 0.3) is 0 Å². The van der Waals surface area contributed by atoms with Crippen LogP contribution in [0.2, 0.25) is 0 Å². The number of thiophene rings is 1. The lowest BCUT2D eigenvalue weighted by atomic mass is 10.2. The summed E-state index contributed by atoms with van der Waals surface area (Å²) in [5, 5.41) is 1.95. The molecule has 0 aliphatic heterocycles. The van der Waals surface area contributed by atoms with Gasteiger partial charge in [-0.05, 0) is 23.6 Å². The van der Waals surface area contributed by atoms with Crippen LogP contribution >= 0.6 is 11.3 Å². The molecule has 0 saturated carbocycles. The molecule has 3 aromatic rings. The van der Waals surface area contributed by atoms with Crippen LogP contribution in [0.5, 0.6) is 0 Å². The minimum Gasteiger partial charge on any atom is -0.455 e. The number of benzene rings is 1. The Balaban J connectivity index is 1.63. The molecule has 0 aliphatic carbocycles. The molecule has 5 heteroatoms. The van der Waals surface area contributed by atoms with E-state index in [1.807, 2.05) is 23.6 Å². The van der Waals surface area contributed by atoms with E-state index in [0.29, 0.717) is 17.1 Å². The van der Waals surface area contributed by atoms with Crippen molar-refractivity contribution < 1.29 is 13.9 Å². The molecule has 0 unspecified atom stereocenters. The Labute approximate surface area is 119 Å². The molecular formula is C15H11NO3S. The van der Waals surface area contributed by atoms with Gasteiger partial charge >= 0.3 is 5.97 Å². The predicted octanol–water partition coefficient (Wildman–Crippen LogP) is 3.76. The van der Waals surface area contributed by atoms with Gasteiger partial charge in [-0.2, -0.15) is 0 Å². The molecule has 0 bridgehead atoms. The summed E-state index contributed by atoms with van der Waals surface area (Å²) in [5.74, 6) is 0.178. The molecule has 0 aliphatic rings. The number of carbonyl (C=O) groups excluding carboxylic acids is 1. The van der Waals surface area contributed by atoms with Gasteiger partial charge < -0.3 is 9.15 Å². The van der Waals surface area contributed by atoms with E-state index in [0.717, 1.165) is 4.88 Å². The van der Waals surface area contributed by atoms with Gasteiger partial charge in [-0.15, -0.1) is 11.3 Å². The number of rotatable bonds is 4. The largest absolute Gasteiger partial charge is 0.455 e. The maximum Gasteiger partial charge on any atom is 0.338 e. The molecule has 2 heterocycles. The van der Waals surface area contributed by atoms with E-state index in [-0.39, 0.29) is 12.6 Å². The topological polar surface area (TPSA) is 52.3 Å². The molecule has 0 fully saturated rings. The molecule has 0 saturated heterocycles. The van der Waals surface area contributed by atoms with Crippen LogP contribution in [0.3, 0.4) is 0 Å². The van der Waals surface area contributed by atoms with E-state index < -0.39 is 0 Å². The van der Waals surface area contributed by atoms with E-state index in [4.69, 9.17) is 9.15 Å². The van der Waals surface area contributed by atoms with E-state index >= 15 is 0 Å². The zero-order valence-electron chi connectivity index (χ0n) is 10.5. The SMILES string of the molecule is O=C(OCc1coc(-c2cccs2)n1)c1ccccc1. The zero-order chi connectivity index (χ0) is 13.8. The Morgan fingerprint density at radius 1 is 1.20 bits per heavy atom. The van der Waals surface area contributed by atoms with Crippen molar-refractivity contribution in [2.24, 2.45) is 0 Å². The molecule has 0 amide bonds. The first-order chi connectivity index (χ1) is 9.83. The number of hydrogen-bond donors (Lipinski definition) is 0. The summed E-state index contributed by atoms with van der Waals surface area (Å²) in [5.41, 5.74) is 1.12. The van der Waals surface area contributed by atoms with Crippen molar-refractivity contribution in [2.75, 3.05) is 0 Å². The number of carbonyl (C=O) groups is 1. The van der Waals surface area contributed by atoms with Gasteiger partial charge in [0.15, 0.2) is 0 Å². The average molecular weight is 285 g/mol. The van der Waals surface area contributed by atoms with Gasteiger partial charge in [0.05, 0.1) is 10.4 Å². The Morgan fingerprint density at radius 3 is 2.80 bits per heavy atom. The summed E-state index contributed by atoms with van der Waals surface area (Å²) in [6, 6.07) is 12.7. The molecule has 0 N–H and O–H groups in total. The Bertz CT molecular complexity index is 689. The van der Waals surface area contributed by atoms with Gasteiger partial charge in [-0.1, -0.05) is 24.3 Å². The molecule has 4 nitrogen and oxygen atoms in total. The molecule has 20 heavy (non-hydrogen) atoms. The van der Waals surface area contributed by atoms with Crippen LogP contribution in [0.4, 0.5) is 0 Å². The first kappa shape index (κ1) is 12.6. The number of ether oxygens (including phenoxy) is 1. The lowest BCUT2D eigenvalue weighted by Gasteiger charge is -2.01. The molecule has 3 rings (SSSR count). The first-order valence-corrected chi connectivity index (χ1v) is 6.91. The Morgan fingerprint density at radius 2 is 2.05 bits per heavy atom. The number of aromatic nitrogens is 1. The average Bonchev–Trinajstić information content (AvgIpc) is 3.16. The Kier molecular flexibility index (Phi) is 3.60. The van der Waals surface area contributed by atoms with Crippen molar-refractivity contribution >= 4 is 17.3 Å². The van der Waals surface area contributed by atoms with Crippen LogP contribution in [-0.2, 0) is 11.3 Å². The first-order valence-electron chi connectivity index (χ1n) is 6.03. The van der Waals surface area contributed by atoms with E-state index in [2.05, 4.69) is 4.98 Å². The van der Waals surface area contributed by atoms with Crippen molar-refractivity contribution in [3.63, 3.8) is 0 Å². The highest BCUT2D eigenvalue weighted by atomic mass is 32.1. The van der Waals surface area contributed by atoms with E-state index in [1.54, 1.807) is 35.6 Å². The lowest BCUT2D eigenvalue weighted by Crippen LogP contribution is -2.05. The van der Waals surface area contributed by atoms with Crippen molar-refractivity contribution in [2.45, 2.75) is 6.61 Å². The van der Waals surface area contributed by atoms with Gasteiger partial charge in [0, 0.05) is 0 Å². The number of esters is 1. The lowest BCUT2D eigenvalue weighted by molar-refractivity contribution is 0.0468. The number of hydrogen-bond acceptors (Lipinski definition) is 5. The van der Waals surface area contributed by atoms with Gasteiger partial charge in [-0.3, -0.25) is 0 Å². The quantitative estimate of drug-likeness (QED) is 0.685. The second kappa shape index (κ2) is 5.71. The second-order valence-electron chi connectivity index (χ2n) is 4.06. The summed E-state index contributed by atoms with van der Waals surface area (Å²) >= 11 is 1.55. The summed E-state index contributed by atoms with van der Waals surface area (Å²) in [6.07, 6.45) is 1.51. The fourth-order valence-corrected chi connectivity index (χ4v) is 2.34. The molecule has 1 aromatic carbocycles. The summed E-state index contributed by atoms with van der Waals surface area (Å²) in [4.78, 5) is 17.0. The van der Waals surface area contributed by atoms with Crippen LogP contribution in [0, 0.1) is 0 Å². The van der Waals surface area contributed by atoms with Crippen LogP contribution < -0.4 is 0 Å². The highest BCUT2D eigenvalue weighted by molar-refractivity contribution is 7.13. The third-order valence-electron chi connectivity index (χ3n) is 2.64. The fourth-order valence-electron chi connectivity index (χ4n) is 1.68.